The third-order valence-electron chi connectivity index (χ3n) is 4.88. The van der Waals surface area contributed by atoms with E-state index in [1.807, 2.05) is 6.26 Å². The molecule has 9 heteroatoms. The van der Waals surface area contributed by atoms with Gasteiger partial charge in [0.1, 0.15) is 6.04 Å². The molecule has 2 N–H and O–H groups in total. The van der Waals surface area contributed by atoms with Crippen LogP contribution in [0.5, 0.6) is 0 Å². The van der Waals surface area contributed by atoms with Crippen molar-refractivity contribution in [3.05, 3.63) is 45.1 Å². The summed E-state index contributed by atoms with van der Waals surface area (Å²) in [7, 11) is 0. The van der Waals surface area contributed by atoms with E-state index in [0.717, 1.165) is 17.7 Å². The van der Waals surface area contributed by atoms with Crippen molar-refractivity contribution in [1.29, 1.82) is 0 Å². The summed E-state index contributed by atoms with van der Waals surface area (Å²) in [6, 6.07) is 6.00. The number of rotatable bonds is 8. The molecule has 2 aromatic rings. The van der Waals surface area contributed by atoms with Crippen LogP contribution in [0.15, 0.2) is 33.9 Å². The molecule has 28 heavy (non-hydrogen) atoms. The third-order valence-corrected chi connectivity index (χ3v) is 5.52. The number of carbonyl (C=O) groups excluding carboxylic acids is 1. The SMILES string of the molecule is CSCCC(C(=O)NCCN1CCOCC1)n1c(=O)[nH]c2ccccc2c1=O. The number of fused-ring (bicyclic) bond motifs is 1. The lowest BCUT2D eigenvalue weighted by Crippen LogP contribution is -2.47. The Kier molecular flexibility index (Phi) is 7.30. The number of hydrogen-bond donors (Lipinski definition) is 2. The number of hydrogen-bond acceptors (Lipinski definition) is 6. The van der Waals surface area contributed by atoms with E-state index in [9.17, 15) is 14.4 Å². The van der Waals surface area contributed by atoms with Crippen LogP contribution in [0.2, 0.25) is 0 Å². The molecule has 1 aromatic heterocycles. The molecule has 2 heterocycles. The highest BCUT2D eigenvalue weighted by Crippen LogP contribution is 2.13. The van der Waals surface area contributed by atoms with Gasteiger partial charge in [0, 0.05) is 26.2 Å². The minimum Gasteiger partial charge on any atom is -0.379 e. The quantitative estimate of drug-likeness (QED) is 0.660. The molecule has 1 fully saturated rings. The second-order valence-electron chi connectivity index (χ2n) is 6.69. The van der Waals surface area contributed by atoms with Crippen LogP contribution in [-0.4, -0.2) is 71.8 Å². The van der Waals surface area contributed by atoms with Crippen LogP contribution in [0.25, 0.3) is 10.9 Å². The number of morpholine rings is 1. The minimum absolute atomic E-state index is 0.301. The minimum atomic E-state index is -0.835. The summed E-state index contributed by atoms with van der Waals surface area (Å²) in [6.07, 6.45) is 2.34. The molecular formula is C19H26N4O4S. The second kappa shape index (κ2) is 9.90. The van der Waals surface area contributed by atoms with Gasteiger partial charge in [0.2, 0.25) is 5.91 Å². The van der Waals surface area contributed by atoms with Crippen molar-refractivity contribution in [3.63, 3.8) is 0 Å². The molecule has 3 rings (SSSR count). The molecule has 1 unspecified atom stereocenters. The van der Waals surface area contributed by atoms with Gasteiger partial charge in [0.05, 0.1) is 24.1 Å². The van der Waals surface area contributed by atoms with Crippen LogP contribution < -0.4 is 16.6 Å². The van der Waals surface area contributed by atoms with Gasteiger partial charge < -0.3 is 15.0 Å². The maximum Gasteiger partial charge on any atom is 0.329 e. The molecule has 0 bridgehead atoms. The van der Waals surface area contributed by atoms with E-state index in [-0.39, 0.29) is 5.91 Å². The Balaban J connectivity index is 1.79. The van der Waals surface area contributed by atoms with E-state index < -0.39 is 17.3 Å². The summed E-state index contributed by atoms with van der Waals surface area (Å²) in [5, 5.41) is 3.30. The number of carbonyl (C=O) groups is 1. The van der Waals surface area contributed by atoms with Crippen LogP contribution in [0, 0.1) is 0 Å². The highest BCUT2D eigenvalue weighted by molar-refractivity contribution is 7.98. The van der Waals surface area contributed by atoms with Gasteiger partial charge in [-0.05, 0) is 30.6 Å². The summed E-state index contributed by atoms with van der Waals surface area (Å²) in [5.74, 6) is 0.366. The van der Waals surface area contributed by atoms with E-state index in [0.29, 0.717) is 49.4 Å². The van der Waals surface area contributed by atoms with Crippen LogP contribution in [0.3, 0.4) is 0 Å². The summed E-state index contributed by atoms with van der Waals surface area (Å²) in [5.41, 5.74) is -0.517. The lowest BCUT2D eigenvalue weighted by atomic mass is 10.2. The van der Waals surface area contributed by atoms with Gasteiger partial charge in [-0.2, -0.15) is 11.8 Å². The molecule has 152 valence electrons. The zero-order valence-electron chi connectivity index (χ0n) is 16.0. The summed E-state index contributed by atoms with van der Waals surface area (Å²) < 4.78 is 6.38. The van der Waals surface area contributed by atoms with Crippen molar-refractivity contribution in [1.82, 2.24) is 19.8 Å². The Morgan fingerprint density at radius 2 is 2.04 bits per heavy atom. The number of thioether (sulfide) groups is 1. The van der Waals surface area contributed by atoms with Crippen molar-refractivity contribution < 1.29 is 9.53 Å². The van der Waals surface area contributed by atoms with E-state index >= 15 is 0 Å². The monoisotopic (exact) mass is 406 g/mol. The number of benzene rings is 1. The number of nitrogens with zero attached hydrogens (tertiary/aromatic N) is 2. The average Bonchev–Trinajstić information content (AvgIpc) is 2.71. The Morgan fingerprint density at radius 3 is 2.79 bits per heavy atom. The predicted octanol–water partition coefficient (Wildman–Crippen LogP) is 0.432. The molecule has 0 radical (unpaired) electrons. The highest BCUT2D eigenvalue weighted by atomic mass is 32.2. The van der Waals surface area contributed by atoms with E-state index in [1.54, 1.807) is 36.0 Å². The molecule has 1 aromatic carbocycles. The number of aromatic nitrogens is 2. The van der Waals surface area contributed by atoms with Crippen LogP contribution in [0.4, 0.5) is 0 Å². The Morgan fingerprint density at radius 1 is 1.29 bits per heavy atom. The van der Waals surface area contributed by atoms with E-state index in [4.69, 9.17) is 4.74 Å². The van der Waals surface area contributed by atoms with Crippen LogP contribution >= 0.6 is 11.8 Å². The number of ether oxygens (including phenoxy) is 1. The third kappa shape index (κ3) is 4.84. The Bertz CT molecular complexity index is 920. The number of para-hydroxylation sites is 1. The molecule has 0 aliphatic carbocycles. The number of nitrogens with one attached hydrogen (secondary N) is 2. The molecule has 1 amide bonds. The summed E-state index contributed by atoms with van der Waals surface area (Å²) in [4.78, 5) is 43.3. The van der Waals surface area contributed by atoms with Crippen molar-refractivity contribution in [2.75, 3.05) is 51.4 Å². The zero-order valence-corrected chi connectivity index (χ0v) is 16.8. The Hall–Kier alpha value is -2.10. The van der Waals surface area contributed by atoms with Gasteiger partial charge in [-0.15, -0.1) is 0 Å². The van der Waals surface area contributed by atoms with Crippen molar-refractivity contribution >= 4 is 28.6 Å². The molecule has 0 saturated carbocycles. The first-order valence-corrected chi connectivity index (χ1v) is 10.8. The van der Waals surface area contributed by atoms with Crippen molar-refractivity contribution in [2.24, 2.45) is 0 Å². The van der Waals surface area contributed by atoms with Gasteiger partial charge in [0.15, 0.2) is 0 Å². The van der Waals surface area contributed by atoms with Gasteiger partial charge in [-0.1, -0.05) is 12.1 Å². The fraction of sp³-hybridized carbons (Fsp3) is 0.526. The van der Waals surface area contributed by atoms with Crippen LogP contribution in [0.1, 0.15) is 12.5 Å². The second-order valence-corrected chi connectivity index (χ2v) is 7.68. The first-order valence-electron chi connectivity index (χ1n) is 9.42. The zero-order chi connectivity index (χ0) is 19.9. The summed E-state index contributed by atoms with van der Waals surface area (Å²) in [6.45, 7) is 4.27. The molecule has 1 aliphatic heterocycles. The van der Waals surface area contributed by atoms with Crippen molar-refractivity contribution in [3.8, 4) is 0 Å². The number of H-pyrrole nitrogens is 1. The van der Waals surface area contributed by atoms with Gasteiger partial charge >= 0.3 is 5.69 Å². The van der Waals surface area contributed by atoms with Crippen molar-refractivity contribution in [2.45, 2.75) is 12.5 Å². The maximum atomic E-state index is 12.9. The highest BCUT2D eigenvalue weighted by Gasteiger charge is 2.24. The first kappa shape index (κ1) is 20.6. The average molecular weight is 407 g/mol. The van der Waals surface area contributed by atoms with Gasteiger partial charge in [0.25, 0.3) is 5.56 Å². The van der Waals surface area contributed by atoms with Gasteiger partial charge in [-0.25, -0.2) is 9.36 Å². The maximum absolute atomic E-state index is 12.9. The normalized spacial score (nSPS) is 16.2. The smallest absolute Gasteiger partial charge is 0.329 e. The molecular weight excluding hydrogens is 380 g/mol. The lowest BCUT2D eigenvalue weighted by molar-refractivity contribution is -0.124. The molecule has 1 atom stereocenters. The molecule has 1 aliphatic rings. The number of amides is 1. The standard InChI is InChI=1S/C19H26N4O4S/c1-28-13-6-16(17(24)20-7-8-22-9-11-27-12-10-22)23-18(25)14-4-2-3-5-15(14)21-19(23)26/h2-5,16H,6-13H2,1H3,(H,20,24)(H,21,26). The number of aromatic amines is 1. The molecule has 8 nitrogen and oxygen atoms in total. The molecule has 0 spiro atoms. The fourth-order valence-electron chi connectivity index (χ4n) is 3.35. The van der Waals surface area contributed by atoms with E-state index in [1.165, 1.54) is 0 Å². The lowest BCUT2D eigenvalue weighted by Gasteiger charge is -2.27. The topological polar surface area (TPSA) is 96.4 Å². The predicted molar refractivity (Wildman–Crippen MR) is 111 cm³/mol. The molecule has 1 saturated heterocycles. The van der Waals surface area contributed by atoms with Crippen LogP contribution in [-0.2, 0) is 9.53 Å². The largest absolute Gasteiger partial charge is 0.379 e. The fourth-order valence-corrected chi connectivity index (χ4v) is 3.80. The Labute approximate surface area is 167 Å². The first-order chi connectivity index (χ1) is 13.6. The van der Waals surface area contributed by atoms with Gasteiger partial charge in [-0.3, -0.25) is 14.5 Å². The van der Waals surface area contributed by atoms with E-state index in [2.05, 4.69) is 15.2 Å². The summed E-state index contributed by atoms with van der Waals surface area (Å²) >= 11 is 1.57.